The highest BCUT2D eigenvalue weighted by Crippen LogP contribution is 2.60. The number of aliphatic imine (C=N–C) groups is 1. The Morgan fingerprint density at radius 1 is 1.31 bits per heavy atom. The first-order chi connectivity index (χ1) is 7.45. The fourth-order valence-corrected chi connectivity index (χ4v) is 2.38. The Morgan fingerprint density at radius 2 is 1.94 bits per heavy atom. The molecule has 3 nitrogen and oxygen atoms in total. The first-order valence-electron chi connectivity index (χ1n) is 6.44. The van der Waals surface area contributed by atoms with Crippen LogP contribution in [0.2, 0.25) is 0 Å². The zero-order valence-corrected chi connectivity index (χ0v) is 11.1. The molecule has 0 aliphatic heterocycles. The lowest BCUT2D eigenvalue weighted by molar-refractivity contribution is 0.424. The molecule has 0 unspecified atom stereocenters. The summed E-state index contributed by atoms with van der Waals surface area (Å²) in [7, 11) is 1.85. The topological polar surface area (TPSA) is 36.4 Å². The van der Waals surface area contributed by atoms with Crippen LogP contribution in [-0.2, 0) is 0 Å². The van der Waals surface area contributed by atoms with Crippen LogP contribution in [0, 0.1) is 11.3 Å². The maximum Gasteiger partial charge on any atom is 0.191 e. The van der Waals surface area contributed by atoms with E-state index in [4.69, 9.17) is 0 Å². The van der Waals surface area contributed by atoms with Gasteiger partial charge in [-0.15, -0.1) is 0 Å². The highest BCUT2D eigenvalue weighted by Gasteiger charge is 2.53. The van der Waals surface area contributed by atoms with E-state index in [1.807, 2.05) is 7.05 Å². The standard InChI is InChI=1S/C13H25N3/c1-12(2,3)16-11(14-4)15-9-13(7-8-13)10-5-6-10/h10H,5-9H2,1-4H3,(H2,14,15,16). The van der Waals surface area contributed by atoms with Crippen molar-refractivity contribution in [3.05, 3.63) is 0 Å². The summed E-state index contributed by atoms with van der Waals surface area (Å²) in [5.41, 5.74) is 0.716. The Kier molecular flexibility index (Phi) is 2.89. The van der Waals surface area contributed by atoms with Crippen molar-refractivity contribution in [1.29, 1.82) is 0 Å². The molecule has 2 aliphatic rings. The number of guanidine groups is 1. The van der Waals surface area contributed by atoms with Crippen molar-refractivity contribution in [2.45, 2.75) is 52.0 Å². The first kappa shape index (κ1) is 11.7. The third-order valence-electron chi connectivity index (χ3n) is 3.66. The SMILES string of the molecule is CN=C(NCC1(C2CC2)CC1)NC(C)(C)C. The van der Waals surface area contributed by atoms with Crippen LogP contribution >= 0.6 is 0 Å². The van der Waals surface area contributed by atoms with Crippen LogP contribution in [0.5, 0.6) is 0 Å². The predicted molar refractivity (Wildman–Crippen MR) is 68.6 cm³/mol. The molecule has 0 atom stereocenters. The highest BCUT2D eigenvalue weighted by atomic mass is 15.2. The summed E-state index contributed by atoms with van der Waals surface area (Å²) in [5.74, 6) is 1.95. The van der Waals surface area contributed by atoms with Gasteiger partial charge in [-0.2, -0.15) is 0 Å². The highest BCUT2D eigenvalue weighted by molar-refractivity contribution is 5.80. The minimum Gasteiger partial charge on any atom is -0.356 e. The van der Waals surface area contributed by atoms with Crippen LogP contribution in [0.25, 0.3) is 0 Å². The molecule has 0 radical (unpaired) electrons. The number of nitrogens with one attached hydrogen (secondary N) is 2. The van der Waals surface area contributed by atoms with Gasteiger partial charge in [0.25, 0.3) is 0 Å². The molecule has 3 heteroatoms. The van der Waals surface area contributed by atoms with Gasteiger partial charge in [-0.25, -0.2) is 0 Å². The second-order valence-electron chi connectivity index (χ2n) is 6.44. The van der Waals surface area contributed by atoms with Gasteiger partial charge in [-0.3, -0.25) is 4.99 Å². The Labute approximate surface area is 99.1 Å². The van der Waals surface area contributed by atoms with E-state index in [9.17, 15) is 0 Å². The smallest absolute Gasteiger partial charge is 0.191 e. The summed E-state index contributed by atoms with van der Waals surface area (Å²) < 4.78 is 0. The van der Waals surface area contributed by atoms with Gasteiger partial charge in [0.1, 0.15) is 0 Å². The van der Waals surface area contributed by atoms with Crippen molar-refractivity contribution in [1.82, 2.24) is 10.6 Å². The molecule has 0 aromatic carbocycles. The zero-order chi connectivity index (χ0) is 11.8. The van der Waals surface area contributed by atoms with Crippen LogP contribution in [0.15, 0.2) is 4.99 Å². The molecule has 2 N–H and O–H groups in total. The molecule has 16 heavy (non-hydrogen) atoms. The van der Waals surface area contributed by atoms with Crippen molar-refractivity contribution < 1.29 is 0 Å². The second kappa shape index (κ2) is 3.94. The molecular formula is C13H25N3. The minimum absolute atomic E-state index is 0.0815. The van der Waals surface area contributed by atoms with Crippen LogP contribution in [0.3, 0.4) is 0 Å². The Bertz CT molecular complexity index is 280. The summed E-state index contributed by atoms with van der Waals surface area (Å²) in [4.78, 5) is 4.28. The number of rotatable bonds is 3. The van der Waals surface area contributed by atoms with Gasteiger partial charge >= 0.3 is 0 Å². The Morgan fingerprint density at radius 3 is 2.31 bits per heavy atom. The van der Waals surface area contributed by atoms with Gasteiger partial charge in [0.15, 0.2) is 5.96 Å². The van der Waals surface area contributed by atoms with Crippen LogP contribution < -0.4 is 10.6 Å². The largest absolute Gasteiger partial charge is 0.356 e. The van der Waals surface area contributed by atoms with Crippen molar-refractivity contribution >= 4 is 5.96 Å². The van der Waals surface area contributed by atoms with Gasteiger partial charge < -0.3 is 10.6 Å². The maximum absolute atomic E-state index is 4.28. The zero-order valence-electron chi connectivity index (χ0n) is 11.1. The number of hydrogen-bond acceptors (Lipinski definition) is 1. The lowest BCUT2D eigenvalue weighted by Crippen LogP contribution is -2.49. The van der Waals surface area contributed by atoms with Crippen molar-refractivity contribution in [3.8, 4) is 0 Å². The number of hydrogen-bond donors (Lipinski definition) is 2. The van der Waals surface area contributed by atoms with E-state index in [1.54, 1.807) is 0 Å². The lowest BCUT2D eigenvalue weighted by atomic mass is 10.0. The monoisotopic (exact) mass is 223 g/mol. The third-order valence-corrected chi connectivity index (χ3v) is 3.66. The van der Waals surface area contributed by atoms with Crippen molar-refractivity contribution in [2.24, 2.45) is 16.3 Å². The van der Waals surface area contributed by atoms with E-state index >= 15 is 0 Å². The molecule has 0 saturated heterocycles. The van der Waals surface area contributed by atoms with Gasteiger partial charge in [0.05, 0.1) is 0 Å². The molecule has 0 aromatic heterocycles. The van der Waals surface area contributed by atoms with Crippen LogP contribution in [0.4, 0.5) is 0 Å². The van der Waals surface area contributed by atoms with E-state index in [-0.39, 0.29) is 5.54 Å². The molecule has 0 spiro atoms. The molecule has 0 heterocycles. The minimum atomic E-state index is 0.0815. The molecule has 2 fully saturated rings. The summed E-state index contributed by atoms with van der Waals surface area (Å²) in [5, 5.41) is 6.89. The van der Waals surface area contributed by atoms with E-state index in [0.717, 1.165) is 18.4 Å². The van der Waals surface area contributed by atoms with Crippen LogP contribution in [0.1, 0.15) is 46.5 Å². The molecule has 0 bridgehead atoms. The Balaban J connectivity index is 1.79. The van der Waals surface area contributed by atoms with E-state index in [1.165, 1.54) is 25.7 Å². The molecule has 0 amide bonds. The van der Waals surface area contributed by atoms with Crippen molar-refractivity contribution in [2.75, 3.05) is 13.6 Å². The fourth-order valence-electron chi connectivity index (χ4n) is 2.38. The molecule has 92 valence electrons. The van der Waals surface area contributed by atoms with E-state index in [0.29, 0.717) is 5.41 Å². The average molecular weight is 223 g/mol. The van der Waals surface area contributed by atoms with Gasteiger partial charge in [-0.05, 0) is 57.8 Å². The summed E-state index contributed by atoms with van der Waals surface area (Å²) in [6.45, 7) is 7.59. The van der Waals surface area contributed by atoms with Gasteiger partial charge in [-0.1, -0.05) is 0 Å². The quantitative estimate of drug-likeness (QED) is 0.568. The number of nitrogens with zero attached hydrogens (tertiary/aromatic N) is 1. The van der Waals surface area contributed by atoms with Crippen molar-refractivity contribution in [3.63, 3.8) is 0 Å². The summed E-state index contributed by atoms with van der Waals surface area (Å²) in [6, 6.07) is 0. The molecule has 2 saturated carbocycles. The molecular weight excluding hydrogens is 198 g/mol. The molecule has 0 aromatic rings. The van der Waals surface area contributed by atoms with E-state index in [2.05, 4.69) is 36.4 Å². The molecule has 2 rings (SSSR count). The summed E-state index contributed by atoms with van der Waals surface area (Å²) in [6.07, 6.45) is 5.73. The van der Waals surface area contributed by atoms with Gasteiger partial charge in [0.2, 0.25) is 0 Å². The maximum atomic E-state index is 4.28. The lowest BCUT2D eigenvalue weighted by Gasteiger charge is -2.25. The average Bonchev–Trinajstić information content (AvgIpc) is 2.98. The summed E-state index contributed by atoms with van der Waals surface area (Å²) >= 11 is 0. The predicted octanol–water partition coefficient (Wildman–Crippen LogP) is 2.14. The van der Waals surface area contributed by atoms with E-state index < -0.39 is 0 Å². The van der Waals surface area contributed by atoms with Crippen LogP contribution in [-0.4, -0.2) is 25.1 Å². The second-order valence-corrected chi connectivity index (χ2v) is 6.44. The third kappa shape index (κ3) is 2.89. The Hall–Kier alpha value is -0.730. The van der Waals surface area contributed by atoms with Gasteiger partial charge in [0, 0.05) is 19.1 Å². The fraction of sp³-hybridized carbons (Fsp3) is 0.923. The first-order valence-corrected chi connectivity index (χ1v) is 6.44. The normalized spacial score (nSPS) is 24.1. The molecule has 2 aliphatic carbocycles.